The molecule has 0 saturated carbocycles. The molecule has 3 N–H and O–H groups in total. The lowest BCUT2D eigenvalue weighted by Crippen LogP contribution is -2.52. The van der Waals surface area contributed by atoms with Gasteiger partial charge in [-0.15, -0.1) is 0 Å². The van der Waals surface area contributed by atoms with E-state index in [2.05, 4.69) is 0 Å². The monoisotopic (exact) mass is 322 g/mol. The largest absolute Gasteiger partial charge is 0.480 e. The zero-order valence-corrected chi connectivity index (χ0v) is 13.5. The standard InChI is InChI=1S/C16H22N2O5/c1-16(2,3)23-15(22)18(14(17)21)12(13(19)20)10-9-11-7-5-4-6-8-11/h4-8,12H,9-10H2,1-3H3,(H2,17,21)(H,19,20)/t12-/m1/s1. The minimum atomic E-state index is -1.39. The number of carbonyl (C=O) groups is 3. The second kappa shape index (κ2) is 7.62. The Morgan fingerprint density at radius 2 is 1.78 bits per heavy atom. The number of aliphatic carboxylic acids is 1. The zero-order valence-electron chi connectivity index (χ0n) is 13.5. The minimum absolute atomic E-state index is 0.0432. The van der Waals surface area contributed by atoms with Crippen molar-refractivity contribution in [2.45, 2.75) is 45.3 Å². The van der Waals surface area contributed by atoms with Gasteiger partial charge in [0, 0.05) is 0 Å². The fourth-order valence-electron chi connectivity index (χ4n) is 1.99. The van der Waals surface area contributed by atoms with E-state index in [1.165, 1.54) is 0 Å². The molecule has 0 fully saturated rings. The molecule has 0 aliphatic heterocycles. The normalized spacial score (nSPS) is 12.3. The van der Waals surface area contributed by atoms with Crippen LogP contribution in [-0.2, 0) is 16.0 Å². The average molecular weight is 322 g/mol. The maximum atomic E-state index is 12.1. The van der Waals surface area contributed by atoms with Crippen LogP contribution in [0, 0.1) is 0 Å². The van der Waals surface area contributed by atoms with Crippen molar-refractivity contribution >= 4 is 18.1 Å². The maximum Gasteiger partial charge on any atom is 0.419 e. The first-order valence-electron chi connectivity index (χ1n) is 7.20. The number of imide groups is 1. The number of ether oxygens (including phenoxy) is 1. The van der Waals surface area contributed by atoms with Crippen LogP contribution in [0.3, 0.4) is 0 Å². The number of nitrogens with zero attached hydrogens (tertiary/aromatic N) is 1. The Labute approximate surface area is 135 Å². The Morgan fingerprint density at radius 3 is 2.22 bits per heavy atom. The number of carboxylic acid groups (broad SMARTS) is 1. The Hall–Kier alpha value is -2.57. The van der Waals surface area contributed by atoms with E-state index in [1.807, 2.05) is 30.3 Å². The smallest absolute Gasteiger partial charge is 0.419 e. The summed E-state index contributed by atoms with van der Waals surface area (Å²) in [6.07, 6.45) is -0.642. The Balaban J connectivity index is 2.91. The number of nitrogens with two attached hydrogens (primary N) is 1. The summed E-state index contributed by atoms with van der Waals surface area (Å²) < 4.78 is 5.07. The number of primary amides is 1. The summed E-state index contributed by atoms with van der Waals surface area (Å²) >= 11 is 0. The number of amides is 3. The second-order valence-electron chi connectivity index (χ2n) is 6.07. The topological polar surface area (TPSA) is 110 Å². The maximum absolute atomic E-state index is 12.1. The van der Waals surface area contributed by atoms with Crippen LogP contribution in [0.1, 0.15) is 32.8 Å². The molecule has 1 aromatic rings. The lowest BCUT2D eigenvalue weighted by atomic mass is 10.0. The van der Waals surface area contributed by atoms with Crippen LogP contribution < -0.4 is 5.73 Å². The van der Waals surface area contributed by atoms with E-state index < -0.39 is 29.7 Å². The van der Waals surface area contributed by atoms with E-state index in [0.717, 1.165) is 5.56 Å². The van der Waals surface area contributed by atoms with Crippen molar-refractivity contribution in [1.29, 1.82) is 0 Å². The van der Waals surface area contributed by atoms with Crippen LogP contribution in [0.4, 0.5) is 9.59 Å². The first-order chi connectivity index (χ1) is 10.6. The molecule has 0 heterocycles. The minimum Gasteiger partial charge on any atom is -0.480 e. The molecule has 0 aliphatic rings. The highest BCUT2D eigenvalue weighted by molar-refractivity contribution is 5.95. The van der Waals surface area contributed by atoms with E-state index in [1.54, 1.807) is 20.8 Å². The van der Waals surface area contributed by atoms with Crippen molar-refractivity contribution in [3.63, 3.8) is 0 Å². The van der Waals surface area contributed by atoms with E-state index in [4.69, 9.17) is 10.5 Å². The van der Waals surface area contributed by atoms with Gasteiger partial charge in [0.25, 0.3) is 0 Å². The lowest BCUT2D eigenvalue weighted by Gasteiger charge is -2.28. The quantitative estimate of drug-likeness (QED) is 0.865. The average Bonchev–Trinajstić information content (AvgIpc) is 2.41. The van der Waals surface area contributed by atoms with E-state index in [9.17, 15) is 19.5 Å². The van der Waals surface area contributed by atoms with Crippen LogP contribution in [0.25, 0.3) is 0 Å². The number of carbonyl (C=O) groups excluding carboxylic acids is 2. The lowest BCUT2D eigenvalue weighted by molar-refractivity contribution is -0.142. The van der Waals surface area contributed by atoms with Gasteiger partial charge in [0.1, 0.15) is 11.6 Å². The summed E-state index contributed by atoms with van der Waals surface area (Å²) in [5.74, 6) is -1.31. The van der Waals surface area contributed by atoms with Gasteiger partial charge in [-0.2, -0.15) is 0 Å². The number of hydrogen-bond acceptors (Lipinski definition) is 4. The summed E-state index contributed by atoms with van der Waals surface area (Å²) in [5.41, 5.74) is 5.21. The van der Waals surface area contributed by atoms with Crippen molar-refractivity contribution in [2.75, 3.05) is 0 Å². The van der Waals surface area contributed by atoms with Gasteiger partial charge in [-0.25, -0.2) is 19.3 Å². The van der Waals surface area contributed by atoms with Crippen molar-refractivity contribution in [2.24, 2.45) is 5.73 Å². The molecule has 0 aromatic heterocycles. The van der Waals surface area contributed by atoms with E-state index >= 15 is 0 Å². The van der Waals surface area contributed by atoms with Gasteiger partial charge in [-0.3, -0.25) is 0 Å². The van der Waals surface area contributed by atoms with E-state index in [0.29, 0.717) is 11.3 Å². The molecule has 3 amide bonds. The Morgan fingerprint density at radius 1 is 1.22 bits per heavy atom. The van der Waals surface area contributed by atoms with Crippen molar-refractivity contribution in [1.82, 2.24) is 4.90 Å². The van der Waals surface area contributed by atoms with Crippen LogP contribution in [0.15, 0.2) is 30.3 Å². The molecular formula is C16H22N2O5. The van der Waals surface area contributed by atoms with Crippen LogP contribution in [0.2, 0.25) is 0 Å². The van der Waals surface area contributed by atoms with Crippen LogP contribution in [0.5, 0.6) is 0 Å². The van der Waals surface area contributed by atoms with E-state index in [-0.39, 0.29) is 6.42 Å². The first-order valence-corrected chi connectivity index (χ1v) is 7.20. The molecule has 7 heteroatoms. The third kappa shape index (κ3) is 5.98. The fraction of sp³-hybridized carbons (Fsp3) is 0.438. The third-order valence-corrected chi connectivity index (χ3v) is 2.97. The molecule has 23 heavy (non-hydrogen) atoms. The summed E-state index contributed by atoms with van der Waals surface area (Å²) in [7, 11) is 0. The molecule has 1 aromatic carbocycles. The summed E-state index contributed by atoms with van der Waals surface area (Å²) in [6, 6.07) is 6.62. The molecule has 0 unspecified atom stereocenters. The molecule has 1 atom stereocenters. The molecule has 0 saturated heterocycles. The van der Waals surface area contributed by atoms with Gasteiger partial charge in [0.05, 0.1) is 0 Å². The second-order valence-corrected chi connectivity index (χ2v) is 6.07. The molecule has 126 valence electrons. The summed E-state index contributed by atoms with van der Waals surface area (Å²) in [6.45, 7) is 4.84. The molecule has 0 spiro atoms. The Bertz CT molecular complexity index is 566. The number of carboxylic acids is 1. The highest BCUT2D eigenvalue weighted by atomic mass is 16.6. The van der Waals surface area contributed by atoms with Gasteiger partial charge in [-0.1, -0.05) is 30.3 Å². The first kappa shape index (κ1) is 18.5. The number of benzene rings is 1. The molecule has 0 aliphatic carbocycles. The predicted molar refractivity (Wildman–Crippen MR) is 83.8 cm³/mol. The number of hydrogen-bond donors (Lipinski definition) is 2. The van der Waals surface area contributed by atoms with Crippen molar-refractivity contribution in [3.05, 3.63) is 35.9 Å². The van der Waals surface area contributed by atoms with Crippen molar-refractivity contribution < 1.29 is 24.2 Å². The molecule has 0 radical (unpaired) electrons. The summed E-state index contributed by atoms with van der Waals surface area (Å²) in [4.78, 5) is 35.6. The van der Waals surface area contributed by atoms with Gasteiger partial charge < -0.3 is 15.6 Å². The summed E-state index contributed by atoms with van der Waals surface area (Å²) in [5, 5.41) is 9.36. The highest BCUT2D eigenvalue weighted by Crippen LogP contribution is 2.16. The van der Waals surface area contributed by atoms with Crippen molar-refractivity contribution in [3.8, 4) is 0 Å². The molecule has 1 rings (SSSR count). The zero-order chi connectivity index (χ0) is 17.6. The molecule has 7 nitrogen and oxygen atoms in total. The SMILES string of the molecule is CC(C)(C)OC(=O)N(C(N)=O)[C@H](CCc1ccccc1)C(=O)O. The molecule has 0 bridgehead atoms. The van der Waals surface area contributed by atoms with Gasteiger partial charge >= 0.3 is 18.1 Å². The van der Waals surface area contributed by atoms with Crippen LogP contribution in [-0.4, -0.2) is 39.7 Å². The van der Waals surface area contributed by atoms with Crippen LogP contribution >= 0.6 is 0 Å². The number of aryl methyl sites for hydroxylation is 1. The van der Waals surface area contributed by atoms with Gasteiger partial charge in [0.15, 0.2) is 0 Å². The molecular weight excluding hydrogens is 300 g/mol. The number of urea groups is 1. The highest BCUT2D eigenvalue weighted by Gasteiger charge is 2.36. The predicted octanol–water partition coefficient (Wildman–Crippen LogP) is 2.39. The Kier molecular flexibility index (Phi) is 6.12. The van der Waals surface area contributed by atoms with Gasteiger partial charge in [-0.05, 0) is 39.2 Å². The third-order valence-electron chi connectivity index (χ3n) is 2.97. The fourth-order valence-corrected chi connectivity index (χ4v) is 1.99. The van der Waals surface area contributed by atoms with Gasteiger partial charge in [0.2, 0.25) is 0 Å². The number of rotatable bonds is 5.